The average molecular weight is 582 g/mol. The maximum Gasteiger partial charge on any atom is 0.347 e. The second kappa shape index (κ2) is 13.4. The molecule has 0 bridgehead atoms. The Kier molecular flexibility index (Phi) is 9.88. The molecule has 0 aliphatic carbocycles. The SMILES string of the molecule is CCCC(Oc1ccc2c(=O)n(-c3ccc(N4CC[C@@H](NCC(=O)OC(C)(C)C)C4)c(F)c3)ccc2c1)C(=O)OCC. The molecule has 9 nitrogen and oxygen atoms in total. The van der Waals surface area contributed by atoms with Crippen LogP contribution in [0, 0.1) is 5.82 Å². The summed E-state index contributed by atoms with van der Waals surface area (Å²) in [5.74, 6) is -0.705. The quantitative estimate of drug-likeness (QED) is 0.324. The molecule has 4 rings (SSSR count). The Labute approximate surface area is 245 Å². The standard InChI is InChI=1S/C32H40FN3O6/c1-6-8-28(31(39)40-7-2)41-24-10-11-25-21(17-24)13-16-36(30(25)38)23-9-12-27(26(33)18-23)35-15-14-22(20-35)34-19-29(37)42-32(3,4)5/h9-13,16-18,22,28,34H,6-8,14-15,19-20H2,1-5H3/t22-,28?/m1/s1. The van der Waals surface area contributed by atoms with Crippen molar-refractivity contribution in [2.24, 2.45) is 0 Å². The van der Waals surface area contributed by atoms with Crippen LogP contribution >= 0.6 is 0 Å². The topological polar surface area (TPSA) is 99.1 Å². The van der Waals surface area contributed by atoms with Crippen LogP contribution < -0.4 is 20.5 Å². The molecule has 1 N–H and O–H groups in total. The molecule has 3 aromatic rings. The number of ether oxygens (including phenoxy) is 3. The van der Waals surface area contributed by atoms with Gasteiger partial charge in [0.1, 0.15) is 17.2 Å². The van der Waals surface area contributed by atoms with Crippen molar-refractivity contribution in [1.82, 2.24) is 9.88 Å². The fourth-order valence-electron chi connectivity index (χ4n) is 5.04. The lowest BCUT2D eigenvalue weighted by molar-refractivity contribution is -0.154. The number of halogens is 1. The lowest BCUT2D eigenvalue weighted by atomic mass is 10.1. The number of nitrogens with zero attached hydrogens (tertiary/aromatic N) is 2. The van der Waals surface area contributed by atoms with Gasteiger partial charge in [-0.2, -0.15) is 0 Å². The van der Waals surface area contributed by atoms with Crippen LogP contribution in [-0.4, -0.2) is 60.5 Å². The summed E-state index contributed by atoms with van der Waals surface area (Å²) in [7, 11) is 0. The van der Waals surface area contributed by atoms with Gasteiger partial charge in [0.2, 0.25) is 0 Å². The summed E-state index contributed by atoms with van der Waals surface area (Å²) in [6, 6.07) is 11.6. The molecule has 226 valence electrons. The second-order valence-corrected chi connectivity index (χ2v) is 11.4. The van der Waals surface area contributed by atoms with Gasteiger partial charge in [0.25, 0.3) is 5.56 Å². The number of anilines is 1. The molecule has 1 saturated heterocycles. The van der Waals surface area contributed by atoms with Crippen LogP contribution in [0.2, 0.25) is 0 Å². The van der Waals surface area contributed by atoms with Gasteiger partial charge in [0.05, 0.1) is 24.5 Å². The summed E-state index contributed by atoms with van der Waals surface area (Å²) in [6.45, 7) is 10.7. The van der Waals surface area contributed by atoms with Crippen molar-refractivity contribution >= 4 is 28.4 Å². The molecular formula is C32H40FN3O6. The van der Waals surface area contributed by atoms with Crippen LogP contribution in [0.4, 0.5) is 10.1 Å². The molecular weight excluding hydrogens is 541 g/mol. The number of nitrogens with one attached hydrogen (secondary N) is 1. The molecule has 0 radical (unpaired) electrons. The third kappa shape index (κ3) is 7.67. The van der Waals surface area contributed by atoms with Gasteiger partial charge in [-0.05, 0) is 82.3 Å². The van der Waals surface area contributed by atoms with Gasteiger partial charge in [-0.1, -0.05) is 13.3 Å². The summed E-state index contributed by atoms with van der Waals surface area (Å²) in [5.41, 5.74) is 0.0139. The van der Waals surface area contributed by atoms with E-state index < -0.39 is 23.5 Å². The van der Waals surface area contributed by atoms with Gasteiger partial charge in [-0.25, -0.2) is 9.18 Å². The van der Waals surface area contributed by atoms with Crippen molar-refractivity contribution in [1.29, 1.82) is 0 Å². The van der Waals surface area contributed by atoms with Crippen LogP contribution in [0.5, 0.6) is 5.75 Å². The number of aromatic nitrogens is 1. The third-order valence-electron chi connectivity index (χ3n) is 6.95. The van der Waals surface area contributed by atoms with Crippen LogP contribution in [0.1, 0.15) is 53.9 Å². The number of carbonyl (C=O) groups excluding carboxylic acids is 2. The number of hydrogen-bond donors (Lipinski definition) is 1. The Morgan fingerprint density at radius 3 is 2.60 bits per heavy atom. The van der Waals surface area contributed by atoms with Gasteiger partial charge in [0, 0.05) is 36.8 Å². The van der Waals surface area contributed by atoms with E-state index in [2.05, 4.69) is 5.32 Å². The van der Waals surface area contributed by atoms with E-state index in [0.717, 1.165) is 12.8 Å². The van der Waals surface area contributed by atoms with Gasteiger partial charge < -0.3 is 24.4 Å². The minimum absolute atomic E-state index is 0.0307. The van der Waals surface area contributed by atoms with E-state index in [1.165, 1.54) is 10.6 Å². The molecule has 2 atom stereocenters. The van der Waals surface area contributed by atoms with Crippen molar-refractivity contribution < 1.29 is 28.2 Å². The summed E-state index contributed by atoms with van der Waals surface area (Å²) in [4.78, 5) is 39.5. The zero-order valence-electron chi connectivity index (χ0n) is 24.9. The van der Waals surface area contributed by atoms with Crippen molar-refractivity contribution in [3.63, 3.8) is 0 Å². The lowest BCUT2D eigenvalue weighted by Crippen LogP contribution is -2.38. The second-order valence-electron chi connectivity index (χ2n) is 11.4. The molecule has 2 heterocycles. The molecule has 1 aliphatic rings. The Morgan fingerprint density at radius 1 is 1.12 bits per heavy atom. The van der Waals surface area contributed by atoms with E-state index in [0.29, 0.717) is 47.4 Å². The highest BCUT2D eigenvalue weighted by atomic mass is 19.1. The predicted octanol–water partition coefficient (Wildman–Crippen LogP) is 4.75. The summed E-state index contributed by atoms with van der Waals surface area (Å²) < 4.78 is 33.1. The Hall–Kier alpha value is -3.92. The van der Waals surface area contributed by atoms with Crippen LogP contribution in [0.15, 0.2) is 53.5 Å². The lowest BCUT2D eigenvalue weighted by Gasteiger charge is -2.22. The van der Waals surface area contributed by atoms with E-state index >= 15 is 4.39 Å². The molecule has 1 fully saturated rings. The van der Waals surface area contributed by atoms with Crippen LogP contribution in [0.3, 0.4) is 0 Å². The summed E-state index contributed by atoms with van der Waals surface area (Å²) in [6.07, 6.45) is 2.91. The van der Waals surface area contributed by atoms with Gasteiger partial charge in [-0.15, -0.1) is 0 Å². The minimum atomic E-state index is -0.721. The van der Waals surface area contributed by atoms with Crippen molar-refractivity contribution in [2.75, 3.05) is 31.1 Å². The molecule has 1 aliphatic heterocycles. The zero-order valence-corrected chi connectivity index (χ0v) is 24.9. The Bertz CT molecular complexity index is 1480. The first kappa shape index (κ1) is 31.0. The number of hydrogen-bond acceptors (Lipinski definition) is 8. The van der Waals surface area contributed by atoms with E-state index in [9.17, 15) is 14.4 Å². The van der Waals surface area contributed by atoms with Crippen molar-refractivity contribution in [3.8, 4) is 11.4 Å². The predicted molar refractivity (Wildman–Crippen MR) is 160 cm³/mol. The maximum absolute atomic E-state index is 15.3. The molecule has 0 amide bonds. The van der Waals surface area contributed by atoms with Crippen LogP contribution in [-0.2, 0) is 19.1 Å². The number of carbonyl (C=O) groups is 2. The van der Waals surface area contributed by atoms with Crippen molar-refractivity contribution in [3.05, 3.63) is 64.8 Å². The number of fused-ring (bicyclic) bond motifs is 1. The zero-order chi connectivity index (χ0) is 30.4. The number of benzene rings is 2. The first-order chi connectivity index (χ1) is 20.0. The van der Waals surface area contributed by atoms with Crippen LogP contribution in [0.25, 0.3) is 16.5 Å². The van der Waals surface area contributed by atoms with Gasteiger partial charge in [-0.3, -0.25) is 14.2 Å². The summed E-state index contributed by atoms with van der Waals surface area (Å²) >= 11 is 0. The van der Waals surface area contributed by atoms with Gasteiger partial charge in [0.15, 0.2) is 6.10 Å². The number of esters is 2. The molecule has 0 saturated carbocycles. The van der Waals surface area contributed by atoms with E-state index in [1.54, 1.807) is 49.5 Å². The highest BCUT2D eigenvalue weighted by Gasteiger charge is 2.26. The highest BCUT2D eigenvalue weighted by Crippen LogP contribution is 2.27. The fourth-order valence-corrected chi connectivity index (χ4v) is 5.04. The fraction of sp³-hybridized carbons (Fsp3) is 0.469. The first-order valence-corrected chi connectivity index (χ1v) is 14.5. The molecule has 1 aromatic heterocycles. The van der Waals surface area contributed by atoms with Gasteiger partial charge >= 0.3 is 11.9 Å². The number of pyridine rings is 1. The number of rotatable bonds is 11. The Balaban J connectivity index is 1.46. The monoisotopic (exact) mass is 581 g/mol. The Morgan fingerprint density at radius 2 is 1.90 bits per heavy atom. The molecule has 42 heavy (non-hydrogen) atoms. The molecule has 1 unspecified atom stereocenters. The van der Waals surface area contributed by atoms with E-state index in [-0.39, 0.29) is 30.7 Å². The first-order valence-electron chi connectivity index (χ1n) is 14.5. The van der Waals surface area contributed by atoms with E-state index in [1.807, 2.05) is 32.6 Å². The summed E-state index contributed by atoms with van der Waals surface area (Å²) in [5, 5.41) is 4.29. The maximum atomic E-state index is 15.3. The highest BCUT2D eigenvalue weighted by molar-refractivity contribution is 5.83. The normalized spacial score (nSPS) is 16.0. The third-order valence-corrected chi connectivity index (χ3v) is 6.95. The molecule has 10 heteroatoms. The molecule has 0 spiro atoms. The molecule has 2 aromatic carbocycles. The largest absolute Gasteiger partial charge is 0.479 e. The average Bonchev–Trinajstić information content (AvgIpc) is 3.40. The van der Waals surface area contributed by atoms with E-state index in [4.69, 9.17) is 14.2 Å². The minimum Gasteiger partial charge on any atom is -0.479 e. The smallest absolute Gasteiger partial charge is 0.347 e. The van der Waals surface area contributed by atoms with Crippen molar-refractivity contribution in [2.45, 2.75) is 71.6 Å².